The molecule has 24 heavy (non-hydrogen) atoms. The van der Waals surface area contributed by atoms with Gasteiger partial charge in [-0.05, 0) is 45.7 Å². The maximum Gasteiger partial charge on any atom is 0.240 e. The van der Waals surface area contributed by atoms with Gasteiger partial charge in [0.1, 0.15) is 0 Å². The number of carbonyl (C=O) groups excluding carboxylic acids is 2. The van der Waals surface area contributed by atoms with Crippen LogP contribution in [-0.2, 0) is 16.0 Å². The molecule has 0 radical (unpaired) electrons. The molecule has 0 N–H and O–H groups in total. The Bertz CT molecular complexity index is 789. The molecule has 0 aliphatic carbocycles. The van der Waals surface area contributed by atoms with E-state index in [1.807, 2.05) is 33.8 Å². The number of hydrogen-bond donors (Lipinski definition) is 0. The molecule has 1 fully saturated rings. The summed E-state index contributed by atoms with van der Waals surface area (Å²) in [5.41, 5.74) is 4.90. The van der Waals surface area contributed by atoms with Crippen molar-refractivity contribution in [2.45, 2.75) is 40.5 Å². The van der Waals surface area contributed by atoms with E-state index in [1.165, 1.54) is 0 Å². The van der Waals surface area contributed by atoms with Crippen LogP contribution in [0.1, 0.15) is 34.5 Å². The highest BCUT2D eigenvalue weighted by atomic mass is 16.2. The second-order valence-electron chi connectivity index (χ2n) is 6.62. The highest BCUT2D eigenvalue weighted by Crippen LogP contribution is 2.27. The van der Waals surface area contributed by atoms with Gasteiger partial charge in [0.2, 0.25) is 17.8 Å². The zero-order chi connectivity index (χ0) is 17.4. The molecular weight excluding hydrogens is 302 g/mol. The van der Waals surface area contributed by atoms with Crippen LogP contribution in [0.2, 0.25) is 0 Å². The molecule has 5 heteroatoms. The average molecular weight is 323 g/mol. The Morgan fingerprint density at radius 3 is 2.12 bits per heavy atom. The summed E-state index contributed by atoms with van der Waals surface area (Å²) in [5, 5.41) is 0. The molecule has 5 nitrogen and oxygen atoms in total. The van der Waals surface area contributed by atoms with Gasteiger partial charge < -0.3 is 0 Å². The number of amides is 2. The first-order valence-corrected chi connectivity index (χ1v) is 8.10. The summed E-state index contributed by atoms with van der Waals surface area (Å²) in [6.07, 6.45) is 0.774. The Morgan fingerprint density at radius 2 is 1.54 bits per heavy atom. The van der Waals surface area contributed by atoms with E-state index in [4.69, 9.17) is 0 Å². The molecule has 0 bridgehead atoms. The maximum atomic E-state index is 12.7. The van der Waals surface area contributed by atoms with Gasteiger partial charge in [-0.2, -0.15) is 0 Å². The fraction of sp³-hybridized carbons (Fsp3) is 0.368. The van der Waals surface area contributed by atoms with Crippen LogP contribution in [0.5, 0.6) is 0 Å². The van der Waals surface area contributed by atoms with Crippen molar-refractivity contribution in [3.63, 3.8) is 0 Å². The zero-order valence-electron chi connectivity index (χ0n) is 14.5. The third-order valence-corrected chi connectivity index (χ3v) is 4.17. The van der Waals surface area contributed by atoms with Crippen LogP contribution in [0.25, 0.3) is 0 Å². The lowest BCUT2D eigenvalue weighted by atomic mass is 9.95. The van der Waals surface area contributed by atoms with Gasteiger partial charge in [0, 0.05) is 17.8 Å². The lowest BCUT2D eigenvalue weighted by Gasteiger charge is -2.14. The van der Waals surface area contributed by atoms with E-state index in [0.717, 1.165) is 33.0 Å². The number of aromatic nitrogens is 2. The van der Waals surface area contributed by atoms with Crippen LogP contribution >= 0.6 is 0 Å². The van der Waals surface area contributed by atoms with Crippen molar-refractivity contribution in [3.05, 3.63) is 52.3 Å². The number of benzene rings is 1. The zero-order valence-corrected chi connectivity index (χ0v) is 14.5. The number of aryl methyl sites for hydroxylation is 4. The monoisotopic (exact) mass is 323 g/mol. The number of nitrogens with zero attached hydrogens (tertiary/aromatic N) is 3. The Kier molecular flexibility index (Phi) is 4.18. The predicted molar refractivity (Wildman–Crippen MR) is 91.7 cm³/mol. The molecule has 3 rings (SSSR count). The van der Waals surface area contributed by atoms with Gasteiger partial charge in [0.25, 0.3) is 0 Å². The Labute approximate surface area is 141 Å². The van der Waals surface area contributed by atoms with E-state index in [0.29, 0.717) is 6.42 Å². The highest BCUT2D eigenvalue weighted by Gasteiger charge is 2.41. The number of carbonyl (C=O) groups is 2. The minimum absolute atomic E-state index is 0.199. The van der Waals surface area contributed by atoms with Crippen molar-refractivity contribution < 1.29 is 9.59 Å². The molecule has 0 unspecified atom stereocenters. The van der Waals surface area contributed by atoms with Crippen molar-refractivity contribution in [1.82, 2.24) is 9.97 Å². The van der Waals surface area contributed by atoms with Gasteiger partial charge in [-0.3, -0.25) is 9.59 Å². The molecule has 2 amide bonds. The fourth-order valence-electron chi connectivity index (χ4n) is 3.34. The van der Waals surface area contributed by atoms with E-state index in [9.17, 15) is 9.59 Å². The second-order valence-corrected chi connectivity index (χ2v) is 6.62. The third kappa shape index (κ3) is 3.20. The van der Waals surface area contributed by atoms with E-state index in [2.05, 4.69) is 28.2 Å². The Hall–Kier alpha value is -2.56. The van der Waals surface area contributed by atoms with Crippen LogP contribution in [0.15, 0.2) is 24.3 Å². The quantitative estimate of drug-likeness (QED) is 0.815. The molecule has 1 aromatic carbocycles. The molecule has 0 saturated carbocycles. The van der Waals surface area contributed by atoms with Crippen molar-refractivity contribution in [2.24, 2.45) is 5.92 Å². The molecule has 1 aliphatic rings. The smallest absolute Gasteiger partial charge is 0.240 e. The number of anilines is 1. The Balaban J connectivity index is 1.86. The van der Waals surface area contributed by atoms with Gasteiger partial charge in [-0.25, -0.2) is 14.9 Å². The molecular formula is C19H21N3O2. The molecule has 1 saturated heterocycles. The topological polar surface area (TPSA) is 63.2 Å². The largest absolute Gasteiger partial charge is 0.274 e. The Morgan fingerprint density at radius 1 is 0.958 bits per heavy atom. The number of imide groups is 1. The summed E-state index contributed by atoms with van der Waals surface area (Å²) in [7, 11) is 0. The molecule has 1 aliphatic heterocycles. The van der Waals surface area contributed by atoms with Gasteiger partial charge >= 0.3 is 0 Å². The van der Waals surface area contributed by atoms with Crippen molar-refractivity contribution >= 4 is 17.8 Å². The van der Waals surface area contributed by atoms with Gasteiger partial charge in [-0.1, -0.05) is 29.3 Å². The average Bonchev–Trinajstić information content (AvgIpc) is 2.71. The van der Waals surface area contributed by atoms with Gasteiger partial charge in [0.15, 0.2) is 0 Å². The highest BCUT2D eigenvalue weighted by molar-refractivity contribution is 6.20. The van der Waals surface area contributed by atoms with Gasteiger partial charge in [-0.15, -0.1) is 0 Å². The first kappa shape index (κ1) is 16.3. The van der Waals surface area contributed by atoms with Crippen LogP contribution in [0.3, 0.4) is 0 Å². The van der Waals surface area contributed by atoms with Crippen LogP contribution in [0.4, 0.5) is 5.95 Å². The summed E-state index contributed by atoms with van der Waals surface area (Å²) in [4.78, 5) is 34.8. The molecule has 124 valence electrons. The van der Waals surface area contributed by atoms with E-state index >= 15 is 0 Å². The fourth-order valence-corrected chi connectivity index (χ4v) is 3.34. The first-order chi connectivity index (χ1) is 11.3. The van der Waals surface area contributed by atoms with Crippen LogP contribution < -0.4 is 4.90 Å². The van der Waals surface area contributed by atoms with Gasteiger partial charge in [0.05, 0.1) is 5.92 Å². The van der Waals surface area contributed by atoms with Crippen LogP contribution in [0, 0.1) is 33.6 Å². The molecule has 1 aromatic heterocycles. The van der Waals surface area contributed by atoms with E-state index in [1.54, 1.807) is 0 Å². The first-order valence-electron chi connectivity index (χ1n) is 8.10. The molecule has 2 aromatic rings. The normalized spacial score (nSPS) is 17.7. The minimum atomic E-state index is -0.344. The van der Waals surface area contributed by atoms with E-state index < -0.39 is 0 Å². The summed E-state index contributed by atoms with van der Waals surface area (Å²) in [6.45, 7) is 7.73. The maximum absolute atomic E-state index is 12.7. The third-order valence-electron chi connectivity index (χ3n) is 4.17. The van der Waals surface area contributed by atoms with Crippen molar-refractivity contribution in [2.75, 3.05) is 4.90 Å². The summed E-state index contributed by atoms with van der Waals surface area (Å²) >= 11 is 0. The number of hydrogen-bond acceptors (Lipinski definition) is 4. The lowest BCUT2D eigenvalue weighted by molar-refractivity contribution is -0.122. The summed E-state index contributed by atoms with van der Waals surface area (Å²) in [6, 6.07) is 8.06. The molecule has 1 atom stereocenters. The second kappa shape index (κ2) is 6.15. The summed E-state index contributed by atoms with van der Waals surface area (Å²) in [5.74, 6) is -0.572. The van der Waals surface area contributed by atoms with Crippen LogP contribution in [-0.4, -0.2) is 21.8 Å². The molecule has 0 spiro atoms. The lowest BCUT2D eigenvalue weighted by Crippen LogP contribution is -2.32. The standard InChI is InChI=1S/C19H21N3O2/c1-11-5-12(2)7-15(6-11)9-16-10-17(23)22(18(16)24)19-20-13(3)8-14(4)21-19/h5-8,16H,9-10H2,1-4H3/t16-/m1/s1. The molecule has 2 heterocycles. The van der Waals surface area contributed by atoms with Crippen molar-refractivity contribution in [1.29, 1.82) is 0 Å². The summed E-state index contributed by atoms with van der Waals surface area (Å²) < 4.78 is 0. The predicted octanol–water partition coefficient (Wildman–Crippen LogP) is 2.83. The van der Waals surface area contributed by atoms with E-state index in [-0.39, 0.29) is 30.1 Å². The minimum Gasteiger partial charge on any atom is -0.274 e. The SMILES string of the molecule is Cc1cc(C)cc(C[C@@H]2CC(=O)N(c3nc(C)cc(C)n3)C2=O)c1. The van der Waals surface area contributed by atoms with Crippen molar-refractivity contribution in [3.8, 4) is 0 Å². The number of rotatable bonds is 3.